The molecule has 13 heavy (non-hydrogen) atoms. The van der Waals surface area contributed by atoms with Crippen LogP contribution in [-0.2, 0) is 0 Å². The SMILES string of the molecule is CC(C)N(CC#N)CCC(F)(F)F. The minimum atomic E-state index is -4.14. The lowest BCUT2D eigenvalue weighted by molar-refractivity contribution is -0.138. The molecule has 5 heteroatoms. The molecule has 0 spiro atoms. The van der Waals surface area contributed by atoms with Gasteiger partial charge >= 0.3 is 6.18 Å². The Morgan fingerprint density at radius 1 is 1.38 bits per heavy atom. The highest BCUT2D eigenvalue weighted by Crippen LogP contribution is 2.20. The molecule has 0 radical (unpaired) electrons. The zero-order valence-electron chi connectivity index (χ0n) is 7.73. The van der Waals surface area contributed by atoms with Crippen LogP contribution in [0.1, 0.15) is 20.3 Å². The van der Waals surface area contributed by atoms with Crippen molar-refractivity contribution in [1.82, 2.24) is 4.90 Å². The van der Waals surface area contributed by atoms with Gasteiger partial charge in [-0.05, 0) is 13.8 Å². The molecule has 0 amide bonds. The fourth-order valence-electron chi connectivity index (χ4n) is 0.881. The molecule has 0 aliphatic carbocycles. The van der Waals surface area contributed by atoms with Gasteiger partial charge in [0.15, 0.2) is 0 Å². The van der Waals surface area contributed by atoms with E-state index in [0.717, 1.165) is 0 Å². The topological polar surface area (TPSA) is 27.0 Å². The summed E-state index contributed by atoms with van der Waals surface area (Å²) in [7, 11) is 0. The lowest BCUT2D eigenvalue weighted by Crippen LogP contribution is -2.34. The molecule has 0 N–H and O–H groups in total. The van der Waals surface area contributed by atoms with Gasteiger partial charge in [0.2, 0.25) is 0 Å². The summed E-state index contributed by atoms with van der Waals surface area (Å²) < 4.78 is 35.4. The first-order chi connectivity index (χ1) is 5.87. The van der Waals surface area contributed by atoms with E-state index >= 15 is 0 Å². The van der Waals surface area contributed by atoms with E-state index in [1.807, 2.05) is 6.07 Å². The lowest BCUT2D eigenvalue weighted by atomic mass is 10.3. The van der Waals surface area contributed by atoms with Crippen LogP contribution in [0.15, 0.2) is 0 Å². The van der Waals surface area contributed by atoms with Crippen molar-refractivity contribution < 1.29 is 13.2 Å². The number of hydrogen-bond acceptors (Lipinski definition) is 2. The monoisotopic (exact) mass is 194 g/mol. The third-order valence-electron chi connectivity index (χ3n) is 1.69. The Balaban J connectivity index is 3.91. The number of hydrogen-bond donors (Lipinski definition) is 0. The molecule has 0 aromatic carbocycles. The van der Waals surface area contributed by atoms with Crippen LogP contribution in [0.2, 0.25) is 0 Å². The van der Waals surface area contributed by atoms with E-state index < -0.39 is 12.6 Å². The smallest absolute Gasteiger partial charge is 0.288 e. The fourth-order valence-corrected chi connectivity index (χ4v) is 0.881. The molecular formula is C8H13F3N2. The first-order valence-corrected chi connectivity index (χ1v) is 4.04. The van der Waals surface area contributed by atoms with Gasteiger partial charge in [0, 0.05) is 12.6 Å². The van der Waals surface area contributed by atoms with E-state index in [0.29, 0.717) is 0 Å². The van der Waals surface area contributed by atoms with Crippen molar-refractivity contribution in [3.05, 3.63) is 0 Å². The van der Waals surface area contributed by atoms with Crippen LogP contribution < -0.4 is 0 Å². The van der Waals surface area contributed by atoms with Crippen LogP contribution in [0.4, 0.5) is 13.2 Å². The quantitative estimate of drug-likeness (QED) is 0.641. The Bertz CT molecular complexity index is 181. The van der Waals surface area contributed by atoms with E-state index in [4.69, 9.17) is 5.26 Å². The molecular weight excluding hydrogens is 181 g/mol. The second kappa shape index (κ2) is 5.07. The third kappa shape index (κ3) is 6.41. The van der Waals surface area contributed by atoms with E-state index in [9.17, 15) is 13.2 Å². The first-order valence-electron chi connectivity index (χ1n) is 4.04. The minimum absolute atomic E-state index is 0.0259. The number of rotatable bonds is 4. The largest absolute Gasteiger partial charge is 0.390 e. The van der Waals surface area contributed by atoms with Crippen molar-refractivity contribution in [2.24, 2.45) is 0 Å². The number of nitrogens with zero attached hydrogens (tertiary/aromatic N) is 2. The second-order valence-electron chi connectivity index (χ2n) is 3.09. The highest BCUT2D eigenvalue weighted by molar-refractivity contribution is 4.78. The van der Waals surface area contributed by atoms with E-state index in [1.54, 1.807) is 13.8 Å². The molecule has 0 heterocycles. The summed E-state index contributed by atoms with van der Waals surface area (Å²) in [5, 5.41) is 8.34. The average Bonchev–Trinajstić information content (AvgIpc) is 1.95. The maximum atomic E-state index is 11.8. The zero-order valence-corrected chi connectivity index (χ0v) is 7.73. The zero-order chi connectivity index (χ0) is 10.5. The Morgan fingerprint density at radius 2 is 1.92 bits per heavy atom. The molecule has 2 nitrogen and oxygen atoms in total. The van der Waals surface area contributed by atoms with Crippen molar-refractivity contribution in [2.45, 2.75) is 32.5 Å². The highest BCUT2D eigenvalue weighted by atomic mass is 19.4. The Labute approximate surface area is 75.9 Å². The van der Waals surface area contributed by atoms with Crippen LogP contribution in [0.3, 0.4) is 0 Å². The molecule has 0 aliphatic heterocycles. The van der Waals surface area contributed by atoms with Crippen LogP contribution in [-0.4, -0.2) is 30.2 Å². The maximum absolute atomic E-state index is 11.8. The van der Waals surface area contributed by atoms with Gasteiger partial charge in [-0.3, -0.25) is 4.90 Å². The third-order valence-corrected chi connectivity index (χ3v) is 1.69. The van der Waals surface area contributed by atoms with Crippen molar-refractivity contribution in [2.75, 3.05) is 13.1 Å². The fraction of sp³-hybridized carbons (Fsp3) is 0.875. The van der Waals surface area contributed by atoms with Crippen LogP contribution >= 0.6 is 0 Å². The van der Waals surface area contributed by atoms with Gasteiger partial charge in [-0.25, -0.2) is 0 Å². The summed E-state index contributed by atoms with van der Waals surface area (Å²) in [6.07, 6.45) is -4.99. The van der Waals surface area contributed by atoms with Crippen LogP contribution in [0, 0.1) is 11.3 Å². The van der Waals surface area contributed by atoms with E-state index in [2.05, 4.69) is 0 Å². The number of nitriles is 1. The summed E-state index contributed by atoms with van der Waals surface area (Å²) >= 11 is 0. The van der Waals surface area contributed by atoms with Gasteiger partial charge in [0.25, 0.3) is 0 Å². The maximum Gasteiger partial charge on any atom is 0.390 e. The molecule has 0 unspecified atom stereocenters. The van der Waals surface area contributed by atoms with Crippen molar-refractivity contribution >= 4 is 0 Å². The average molecular weight is 194 g/mol. The van der Waals surface area contributed by atoms with Crippen molar-refractivity contribution in [3.63, 3.8) is 0 Å². The summed E-state index contributed by atoms with van der Waals surface area (Å²) in [4.78, 5) is 1.49. The molecule has 0 aromatic rings. The van der Waals surface area contributed by atoms with Gasteiger partial charge < -0.3 is 0 Å². The van der Waals surface area contributed by atoms with E-state index in [1.165, 1.54) is 4.90 Å². The Morgan fingerprint density at radius 3 is 2.23 bits per heavy atom. The molecule has 76 valence electrons. The van der Waals surface area contributed by atoms with Gasteiger partial charge in [0.1, 0.15) is 0 Å². The van der Waals surface area contributed by atoms with Crippen molar-refractivity contribution in [1.29, 1.82) is 5.26 Å². The van der Waals surface area contributed by atoms with Crippen LogP contribution in [0.5, 0.6) is 0 Å². The number of alkyl halides is 3. The summed E-state index contributed by atoms with van der Waals surface area (Å²) in [6.45, 7) is 3.49. The van der Waals surface area contributed by atoms with Gasteiger partial charge in [-0.1, -0.05) is 0 Å². The van der Waals surface area contributed by atoms with Crippen LogP contribution in [0.25, 0.3) is 0 Å². The van der Waals surface area contributed by atoms with Gasteiger partial charge in [0.05, 0.1) is 19.0 Å². The molecule has 0 aliphatic rings. The molecule has 0 saturated carbocycles. The lowest BCUT2D eigenvalue weighted by Gasteiger charge is -2.23. The standard InChI is InChI=1S/C8H13F3N2/c1-7(2)13(6-4-12)5-3-8(9,10)11/h7H,3,5-6H2,1-2H3. The predicted octanol–water partition coefficient (Wildman–Crippen LogP) is 2.17. The molecule has 0 rings (SSSR count). The second-order valence-corrected chi connectivity index (χ2v) is 3.09. The Kier molecular flexibility index (Phi) is 4.78. The number of halogens is 3. The molecule has 0 fully saturated rings. The molecule has 0 bridgehead atoms. The van der Waals surface area contributed by atoms with Gasteiger partial charge in [-0.2, -0.15) is 18.4 Å². The Hall–Kier alpha value is -0.760. The first kappa shape index (κ1) is 12.2. The molecule has 0 saturated heterocycles. The normalized spacial score (nSPS) is 12.2. The van der Waals surface area contributed by atoms with Gasteiger partial charge in [-0.15, -0.1) is 0 Å². The summed E-state index contributed by atoms with van der Waals surface area (Å²) in [6, 6.07) is 1.82. The summed E-state index contributed by atoms with van der Waals surface area (Å²) in [5.41, 5.74) is 0. The highest BCUT2D eigenvalue weighted by Gasteiger charge is 2.28. The van der Waals surface area contributed by atoms with Crippen molar-refractivity contribution in [3.8, 4) is 6.07 Å². The minimum Gasteiger partial charge on any atom is -0.288 e. The predicted molar refractivity (Wildman–Crippen MR) is 43.0 cm³/mol. The summed E-state index contributed by atoms with van der Waals surface area (Å²) in [5.74, 6) is 0. The van der Waals surface area contributed by atoms with E-state index in [-0.39, 0.29) is 19.1 Å². The molecule has 0 atom stereocenters. The molecule has 0 aromatic heterocycles.